The minimum absolute atomic E-state index is 0. The van der Waals surface area contributed by atoms with Gasteiger partial charge in [-0.3, -0.25) is 4.57 Å². The molecule has 0 unspecified atom stereocenters. The Hall–Kier alpha value is -5.38. The number of halogens is 6. The zero-order chi connectivity index (χ0) is 46.0. The van der Waals surface area contributed by atoms with Gasteiger partial charge in [0.2, 0.25) is 11.6 Å². The van der Waals surface area contributed by atoms with E-state index in [9.17, 15) is 31.6 Å². The summed E-state index contributed by atoms with van der Waals surface area (Å²) in [4.78, 5) is 8.13. The molecule has 51 heavy (non-hydrogen) atoms. The largest absolute Gasteiger partial charge is 0.499 e. The number of fused-ring (bicyclic) bond motifs is 3. The molecule has 0 atom stereocenters. The van der Waals surface area contributed by atoms with Crippen molar-refractivity contribution in [3.05, 3.63) is 125 Å². The summed E-state index contributed by atoms with van der Waals surface area (Å²) in [5, 5.41) is 15.6. The molecule has 0 N–H and O–H groups in total. The third-order valence-electron chi connectivity index (χ3n) is 7.11. The van der Waals surface area contributed by atoms with Gasteiger partial charge in [0, 0.05) is 54.3 Å². The van der Waals surface area contributed by atoms with Crippen molar-refractivity contribution in [3.8, 4) is 34.3 Å². The molecule has 7 nitrogen and oxygen atoms in total. The molecule has 0 aliphatic carbocycles. The quantitative estimate of drug-likeness (QED) is 0.130. The van der Waals surface area contributed by atoms with Gasteiger partial charge < -0.3 is 14.4 Å². The number of furan rings is 1. The average molecular weight is 887 g/mol. The van der Waals surface area contributed by atoms with Gasteiger partial charge >= 0.3 is 12.4 Å². The van der Waals surface area contributed by atoms with Gasteiger partial charge in [0.15, 0.2) is 0 Å². The first-order valence-electron chi connectivity index (χ1n) is 19.9. The van der Waals surface area contributed by atoms with Crippen LogP contribution in [0.15, 0.2) is 77.5 Å². The molecule has 14 heteroatoms. The fraction of sp³-hybridized carbons (Fsp3) is 0.162. The van der Waals surface area contributed by atoms with Crippen molar-refractivity contribution < 1.29 is 67.3 Å². The number of nitrogens with zero attached hydrogens (tertiary/aromatic N) is 6. The van der Waals surface area contributed by atoms with Crippen molar-refractivity contribution in [3.63, 3.8) is 0 Å². The van der Waals surface area contributed by atoms with Crippen LogP contribution in [-0.2, 0) is 32.5 Å². The van der Waals surface area contributed by atoms with Gasteiger partial charge in [0.25, 0.3) is 0 Å². The molecule has 4 aromatic heterocycles. The van der Waals surface area contributed by atoms with Crippen molar-refractivity contribution in [1.29, 1.82) is 5.26 Å². The molecule has 0 spiro atoms. The number of aromatic nitrogens is 5. The van der Waals surface area contributed by atoms with Gasteiger partial charge in [-0.15, -0.1) is 63.8 Å². The van der Waals surface area contributed by atoms with E-state index < -0.39 is 79.4 Å². The number of rotatable bonds is 3. The molecular weight excluding hydrogens is 851 g/mol. The first-order valence-corrected chi connectivity index (χ1v) is 13.9. The number of hydrogen-bond acceptors (Lipinski definition) is 6. The maximum absolute atomic E-state index is 13.6. The van der Waals surface area contributed by atoms with Crippen LogP contribution in [0.5, 0.6) is 0 Å². The molecule has 4 heterocycles. The maximum atomic E-state index is 13.6. The molecule has 0 bridgehead atoms. The summed E-state index contributed by atoms with van der Waals surface area (Å²) in [7, 11) is 0. The van der Waals surface area contributed by atoms with Crippen LogP contribution in [0.2, 0.25) is 0 Å². The smallest absolute Gasteiger partial charge is 0.452 e. The van der Waals surface area contributed by atoms with Gasteiger partial charge in [-0.1, -0.05) is 41.6 Å². The van der Waals surface area contributed by atoms with Crippen LogP contribution in [0.1, 0.15) is 55.9 Å². The number of nitriles is 1. The predicted octanol–water partition coefficient (Wildman–Crippen LogP) is 9.72. The van der Waals surface area contributed by atoms with Gasteiger partial charge in [-0.05, 0) is 55.2 Å². The molecule has 3 aromatic carbocycles. The molecule has 0 saturated carbocycles. The van der Waals surface area contributed by atoms with E-state index in [4.69, 9.17) is 20.9 Å². The van der Waals surface area contributed by atoms with Crippen LogP contribution in [0.4, 0.5) is 26.3 Å². The van der Waals surface area contributed by atoms with Crippen LogP contribution < -0.4 is 0 Å². The second-order valence-electron chi connectivity index (χ2n) is 10.4. The van der Waals surface area contributed by atoms with Crippen LogP contribution >= 0.6 is 0 Å². The summed E-state index contributed by atoms with van der Waals surface area (Å²) < 4.78 is 177. The number of alkyl halides is 6. The number of pyridine rings is 2. The summed E-state index contributed by atoms with van der Waals surface area (Å²) in [6.45, 7) is -10.0. The molecule has 0 aliphatic rings. The number of benzene rings is 3. The molecule has 0 fully saturated rings. The third kappa shape index (κ3) is 7.27. The summed E-state index contributed by atoms with van der Waals surface area (Å²) in [6.07, 6.45) is -8.59. The molecular formula is C37H24F6IrN6O-2. The standard InChI is InChI=1S/C24H12F6N5O.C13H12N.Ir/c1-11-8-17(32-10-12(11)2)15-5-3-4-13-14-6-7-18(16(9-31)20(14)36-19(13)15)35-21(23(25,26)27)33-34-22(35)24(28,29)30;1-10-3-6-12(7-4-10)13-8-5-11(2)9-14-13;/h3-4,6-8,10H,1-2H3;3-6,8-9H,1-2H3;/q2*-1;/i2*1D3,2D3;. The fourth-order valence-electron chi connectivity index (χ4n) is 4.89. The van der Waals surface area contributed by atoms with E-state index in [0.29, 0.717) is 11.3 Å². The average Bonchev–Trinajstić information content (AvgIpc) is 3.80. The SMILES string of the molecule is [2H]C([2H])([2H])c1c[c-]c(-c2ccc(C([2H])([2H])[2H])cn2)cc1.[2H]C([2H])([2H])c1cnc(-c2[c-]ccc3c2oc2c(C#N)c(-n4c(C(F)(F)F)nnc4C(F)(F)F)ccc23)cc1C([2H])([2H])[2H].[Ir]. The summed E-state index contributed by atoms with van der Waals surface area (Å²) >= 11 is 0. The molecule has 0 aliphatic heterocycles. The minimum atomic E-state index is -5.37. The van der Waals surface area contributed by atoms with Gasteiger partial charge in [-0.25, -0.2) is 0 Å². The van der Waals surface area contributed by atoms with Gasteiger partial charge in [-0.2, -0.15) is 31.6 Å². The van der Waals surface area contributed by atoms with E-state index in [2.05, 4.69) is 32.3 Å². The zero-order valence-corrected chi connectivity index (χ0v) is 27.5. The molecule has 261 valence electrons. The van der Waals surface area contributed by atoms with Gasteiger partial charge in [0.1, 0.15) is 17.2 Å². The number of aryl methyl sites for hydroxylation is 4. The summed E-state index contributed by atoms with van der Waals surface area (Å²) in [6, 6.07) is 20.6. The molecule has 7 rings (SSSR count). The molecule has 0 saturated heterocycles. The first-order chi connectivity index (χ1) is 28.5. The zero-order valence-electron chi connectivity index (χ0n) is 37.1. The second kappa shape index (κ2) is 14.1. The van der Waals surface area contributed by atoms with E-state index >= 15 is 0 Å². The Morgan fingerprint density at radius 2 is 1.45 bits per heavy atom. The normalized spacial score (nSPS) is 16.0. The van der Waals surface area contributed by atoms with Crippen molar-refractivity contribution in [2.45, 2.75) is 39.8 Å². The Morgan fingerprint density at radius 3 is 2.04 bits per heavy atom. The van der Waals surface area contributed by atoms with E-state index in [1.54, 1.807) is 18.2 Å². The van der Waals surface area contributed by atoms with E-state index in [1.165, 1.54) is 36.5 Å². The third-order valence-corrected chi connectivity index (χ3v) is 7.11. The molecule has 1 radical (unpaired) electrons. The molecule has 7 aromatic rings. The topological polar surface area (TPSA) is 93.4 Å². The Bertz CT molecular complexity index is 2760. The van der Waals surface area contributed by atoms with Gasteiger partial charge in [0.05, 0.1) is 11.3 Å². The van der Waals surface area contributed by atoms with Crippen LogP contribution in [-0.4, -0.2) is 24.7 Å². The van der Waals surface area contributed by atoms with Crippen LogP contribution in [0.25, 0.3) is 50.1 Å². The summed E-state index contributed by atoms with van der Waals surface area (Å²) in [5.41, 5.74) is -1.66. The van der Waals surface area contributed by atoms with E-state index in [1.807, 2.05) is 0 Å². The van der Waals surface area contributed by atoms with Crippen LogP contribution in [0.3, 0.4) is 0 Å². The Kier molecular flexibility index (Phi) is 6.61. The summed E-state index contributed by atoms with van der Waals surface area (Å²) in [5.74, 6) is -4.04. The Balaban J connectivity index is 0.000000299. The fourth-order valence-corrected chi connectivity index (χ4v) is 4.89. The Morgan fingerprint density at radius 1 is 0.765 bits per heavy atom. The van der Waals surface area contributed by atoms with Crippen molar-refractivity contribution >= 4 is 21.9 Å². The maximum Gasteiger partial charge on any atom is 0.452 e. The van der Waals surface area contributed by atoms with Crippen molar-refractivity contribution in [2.24, 2.45) is 0 Å². The number of hydrogen-bond donors (Lipinski definition) is 0. The van der Waals surface area contributed by atoms with Crippen LogP contribution in [0, 0.1) is 50.9 Å². The van der Waals surface area contributed by atoms with E-state index in [-0.39, 0.29) is 63.4 Å². The Labute approximate surface area is 317 Å². The first kappa shape index (κ1) is 23.9. The van der Waals surface area contributed by atoms with Crippen molar-refractivity contribution in [2.75, 3.05) is 0 Å². The van der Waals surface area contributed by atoms with E-state index in [0.717, 1.165) is 24.4 Å². The molecule has 0 amide bonds. The predicted molar refractivity (Wildman–Crippen MR) is 173 cm³/mol. The second-order valence-corrected chi connectivity index (χ2v) is 10.4. The minimum Gasteiger partial charge on any atom is -0.499 e. The monoisotopic (exact) mass is 887 g/mol. The van der Waals surface area contributed by atoms with Crippen molar-refractivity contribution in [1.82, 2.24) is 24.7 Å².